The van der Waals surface area contributed by atoms with Gasteiger partial charge in [-0.3, -0.25) is 4.79 Å². The second-order valence-electron chi connectivity index (χ2n) is 6.35. The van der Waals surface area contributed by atoms with E-state index in [9.17, 15) is 9.59 Å². The molecule has 0 aliphatic carbocycles. The SMILES string of the molecule is C[C@H](OC(=O)c1cc(Cl)c2c(c1)OCCCO2)c1nc2ccccc2c(=O)[nH]1. The first-order valence-corrected chi connectivity index (χ1v) is 9.20. The summed E-state index contributed by atoms with van der Waals surface area (Å²) < 4.78 is 16.6. The molecule has 0 radical (unpaired) electrons. The van der Waals surface area contributed by atoms with Crippen LogP contribution in [-0.4, -0.2) is 29.2 Å². The van der Waals surface area contributed by atoms with Gasteiger partial charge in [0.05, 0.1) is 34.7 Å². The van der Waals surface area contributed by atoms with Gasteiger partial charge in [0.2, 0.25) is 0 Å². The molecule has 2 aromatic carbocycles. The molecule has 0 spiro atoms. The van der Waals surface area contributed by atoms with Gasteiger partial charge < -0.3 is 19.2 Å². The lowest BCUT2D eigenvalue weighted by atomic mass is 10.2. The van der Waals surface area contributed by atoms with Crippen LogP contribution in [0.15, 0.2) is 41.2 Å². The predicted octanol–water partition coefficient (Wildman–Crippen LogP) is 3.66. The molecular formula is C20H17ClN2O5. The molecule has 1 aromatic heterocycles. The van der Waals surface area contributed by atoms with Crippen LogP contribution in [0, 0.1) is 0 Å². The lowest BCUT2D eigenvalue weighted by Crippen LogP contribution is -2.17. The summed E-state index contributed by atoms with van der Waals surface area (Å²) in [6, 6.07) is 9.97. The number of ether oxygens (including phenoxy) is 3. The van der Waals surface area contributed by atoms with Crippen molar-refractivity contribution in [2.24, 2.45) is 0 Å². The Kier molecular flexibility index (Phi) is 4.92. The molecule has 1 atom stereocenters. The van der Waals surface area contributed by atoms with Crippen molar-refractivity contribution >= 4 is 28.5 Å². The van der Waals surface area contributed by atoms with E-state index >= 15 is 0 Å². The fraction of sp³-hybridized carbons (Fsp3) is 0.250. The van der Waals surface area contributed by atoms with Crippen LogP contribution in [0.25, 0.3) is 10.9 Å². The van der Waals surface area contributed by atoms with E-state index in [0.29, 0.717) is 35.6 Å². The topological polar surface area (TPSA) is 90.5 Å². The minimum absolute atomic E-state index is 0.226. The molecule has 8 heteroatoms. The number of nitrogens with one attached hydrogen (secondary N) is 1. The molecule has 144 valence electrons. The van der Waals surface area contributed by atoms with Crippen LogP contribution in [0.1, 0.15) is 35.6 Å². The molecule has 3 aromatic rings. The minimum atomic E-state index is -0.764. The third-order valence-electron chi connectivity index (χ3n) is 4.34. The van der Waals surface area contributed by atoms with Crippen molar-refractivity contribution in [3.05, 3.63) is 63.2 Å². The van der Waals surface area contributed by atoms with Crippen LogP contribution >= 0.6 is 11.6 Å². The number of esters is 1. The molecule has 0 amide bonds. The molecule has 0 unspecified atom stereocenters. The van der Waals surface area contributed by atoms with Gasteiger partial charge in [0.1, 0.15) is 0 Å². The van der Waals surface area contributed by atoms with E-state index in [1.165, 1.54) is 12.1 Å². The third-order valence-corrected chi connectivity index (χ3v) is 4.62. The molecule has 0 saturated carbocycles. The van der Waals surface area contributed by atoms with Gasteiger partial charge in [-0.1, -0.05) is 23.7 Å². The van der Waals surface area contributed by atoms with Gasteiger partial charge in [-0.15, -0.1) is 0 Å². The second kappa shape index (κ2) is 7.52. The highest BCUT2D eigenvalue weighted by molar-refractivity contribution is 6.32. The number of carbonyl (C=O) groups is 1. The second-order valence-corrected chi connectivity index (χ2v) is 6.76. The number of halogens is 1. The maximum atomic E-state index is 12.6. The van der Waals surface area contributed by atoms with Gasteiger partial charge in [0, 0.05) is 6.42 Å². The van der Waals surface area contributed by atoms with E-state index in [1.807, 2.05) is 0 Å². The van der Waals surface area contributed by atoms with Crippen molar-refractivity contribution in [3.63, 3.8) is 0 Å². The summed E-state index contributed by atoms with van der Waals surface area (Å²) in [5.41, 5.74) is 0.467. The lowest BCUT2D eigenvalue weighted by Gasteiger charge is -2.15. The third kappa shape index (κ3) is 3.53. The normalized spacial score (nSPS) is 14.4. The number of aromatic amines is 1. The zero-order valence-corrected chi connectivity index (χ0v) is 15.8. The zero-order valence-electron chi connectivity index (χ0n) is 15.0. The summed E-state index contributed by atoms with van der Waals surface area (Å²) in [5, 5.41) is 0.746. The molecule has 2 heterocycles. The number of H-pyrrole nitrogens is 1. The Morgan fingerprint density at radius 3 is 2.89 bits per heavy atom. The van der Waals surface area contributed by atoms with Crippen LogP contribution in [-0.2, 0) is 4.74 Å². The van der Waals surface area contributed by atoms with Gasteiger partial charge in [-0.25, -0.2) is 9.78 Å². The summed E-state index contributed by atoms with van der Waals surface area (Å²) in [7, 11) is 0. The summed E-state index contributed by atoms with van der Waals surface area (Å²) in [6.07, 6.45) is -0.0393. The van der Waals surface area contributed by atoms with Crippen molar-refractivity contribution in [2.45, 2.75) is 19.4 Å². The van der Waals surface area contributed by atoms with Gasteiger partial charge in [0.25, 0.3) is 5.56 Å². The van der Waals surface area contributed by atoms with Gasteiger partial charge in [-0.05, 0) is 31.2 Å². The Balaban J connectivity index is 1.59. The number of hydrogen-bond donors (Lipinski definition) is 1. The first-order chi connectivity index (χ1) is 13.5. The van der Waals surface area contributed by atoms with Crippen LogP contribution in [0.3, 0.4) is 0 Å². The van der Waals surface area contributed by atoms with Crippen LogP contribution < -0.4 is 15.0 Å². The number of aromatic nitrogens is 2. The van der Waals surface area contributed by atoms with Crippen LogP contribution in [0.5, 0.6) is 11.5 Å². The summed E-state index contributed by atoms with van der Waals surface area (Å²) in [4.78, 5) is 31.9. The van der Waals surface area contributed by atoms with E-state index in [1.54, 1.807) is 31.2 Å². The number of carbonyl (C=O) groups excluding carboxylic acids is 1. The monoisotopic (exact) mass is 400 g/mol. The van der Waals surface area contributed by atoms with Gasteiger partial charge >= 0.3 is 5.97 Å². The van der Waals surface area contributed by atoms with Crippen molar-refractivity contribution in [1.82, 2.24) is 9.97 Å². The number of benzene rings is 2. The number of hydrogen-bond acceptors (Lipinski definition) is 6. The molecule has 0 saturated heterocycles. The van der Waals surface area contributed by atoms with Crippen molar-refractivity contribution in [3.8, 4) is 11.5 Å². The van der Waals surface area contributed by atoms with Gasteiger partial charge in [-0.2, -0.15) is 0 Å². The Hall–Kier alpha value is -3.06. The molecular weight excluding hydrogens is 384 g/mol. The van der Waals surface area contributed by atoms with E-state index in [2.05, 4.69) is 9.97 Å². The quantitative estimate of drug-likeness (QED) is 0.675. The summed E-state index contributed by atoms with van der Waals surface area (Å²) >= 11 is 6.23. The molecule has 7 nitrogen and oxygen atoms in total. The molecule has 1 aliphatic heterocycles. The van der Waals surface area contributed by atoms with E-state index in [0.717, 1.165) is 6.42 Å². The Bertz CT molecular complexity index is 1110. The molecule has 28 heavy (non-hydrogen) atoms. The van der Waals surface area contributed by atoms with E-state index in [-0.39, 0.29) is 22.0 Å². The molecule has 0 bridgehead atoms. The smallest absolute Gasteiger partial charge is 0.339 e. The maximum absolute atomic E-state index is 12.6. The lowest BCUT2D eigenvalue weighted by molar-refractivity contribution is 0.0319. The maximum Gasteiger partial charge on any atom is 0.339 e. The van der Waals surface area contributed by atoms with Crippen molar-refractivity contribution in [2.75, 3.05) is 13.2 Å². The molecule has 1 N–H and O–H groups in total. The Morgan fingerprint density at radius 2 is 2.04 bits per heavy atom. The summed E-state index contributed by atoms with van der Waals surface area (Å²) in [6.45, 7) is 2.60. The van der Waals surface area contributed by atoms with Crippen molar-refractivity contribution < 1.29 is 19.0 Å². The fourth-order valence-corrected chi connectivity index (χ4v) is 3.20. The molecule has 0 fully saturated rings. The largest absolute Gasteiger partial charge is 0.489 e. The Labute approximate surface area is 165 Å². The van der Waals surface area contributed by atoms with Crippen LogP contribution in [0.4, 0.5) is 0 Å². The highest BCUT2D eigenvalue weighted by Crippen LogP contribution is 2.38. The zero-order chi connectivity index (χ0) is 19.7. The van der Waals surface area contributed by atoms with E-state index in [4.69, 9.17) is 25.8 Å². The first kappa shape index (κ1) is 18.3. The fourth-order valence-electron chi connectivity index (χ4n) is 2.93. The number of para-hydroxylation sites is 1. The molecule has 1 aliphatic rings. The number of rotatable bonds is 3. The number of fused-ring (bicyclic) bond motifs is 2. The number of nitrogens with zero attached hydrogens (tertiary/aromatic N) is 1. The highest BCUT2D eigenvalue weighted by atomic mass is 35.5. The van der Waals surface area contributed by atoms with Gasteiger partial charge in [0.15, 0.2) is 23.4 Å². The minimum Gasteiger partial charge on any atom is -0.489 e. The van der Waals surface area contributed by atoms with E-state index < -0.39 is 12.1 Å². The average molecular weight is 401 g/mol. The first-order valence-electron chi connectivity index (χ1n) is 8.82. The predicted molar refractivity (Wildman–Crippen MR) is 103 cm³/mol. The standard InChI is InChI=1S/C20H17ClN2O5/c1-11(18-22-15-6-3-2-5-13(15)19(24)23-18)28-20(25)12-9-14(21)17-16(10-12)26-7-4-8-27-17/h2-3,5-6,9-11H,4,7-8H2,1H3,(H,22,23,24)/t11-/m0/s1. The summed E-state index contributed by atoms with van der Waals surface area (Å²) in [5.74, 6) is 0.476. The Morgan fingerprint density at radius 1 is 1.25 bits per heavy atom. The molecule has 4 rings (SSSR count). The van der Waals surface area contributed by atoms with Crippen molar-refractivity contribution in [1.29, 1.82) is 0 Å². The highest BCUT2D eigenvalue weighted by Gasteiger charge is 2.22. The van der Waals surface area contributed by atoms with Crippen LogP contribution in [0.2, 0.25) is 5.02 Å². The average Bonchev–Trinajstić information content (AvgIpc) is 2.93.